The van der Waals surface area contributed by atoms with Gasteiger partial charge in [-0.25, -0.2) is 0 Å². The Morgan fingerprint density at radius 1 is 0.893 bits per heavy atom. The smallest absolute Gasteiger partial charge is 0.244 e. The molecule has 28 heavy (non-hydrogen) atoms. The van der Waals surface area contributed by atoms with Gasteiger partial charge < -0.3 is 15.5 Å². The highest BCUT2D eigenvalue weighted by atomic mass is 16.2. The van der Waals surface area contributed by atoms with E-state index in [1.807, 2.05) is 24.3 Å². The molecule has 0 heterocycles. The molecular formula is C22H27N3O3. The number of hydrogen-bond acceptors (Lipinski definition) is 3. The van der Waals surface area contributed by atoms with E-state index in [9.17, 15) is 14.4 Å². The van der Waals surface area contributed by atoms with Crippen LogP contribution in [0.3, 0.4) is 0 Å². The van der Waals surface area contributed by atoms with E-state index in [0.29, 0.717) is 11.4 Å². The number of anilines is 3. The van der Waals surface area contributed by atoms with Crippen LogP contribution in [0.1, 0.15) is 40.2 Å². The molecule has 3 amide bonds. The third-order valence-corrected chi connectivity index (χ3v) is 4.19. The van der Waals surface area contributed by atoms with Gasteiger partial charge in [0.25, 0.3) is 0 Å². The van der Waals surface area contributed by atoms with Gasteiger partial charge >= 0.3 is 0 Å². The summed E-state index contributed by atoms with van der Waals surface area (Å²) in [6, 6.07) is 14.4. The normalized spacial score (nSPS) is 10.9. The average Bonchev–Trinajstić information content (AvgIpc) is 2.59. The number of hydrogen-bond donors (Lipinski definition) is 2. The quantitative estimate of drug-likeness (QED) is 0.823. The summed E-state index contributed by atoms with van der Waals surface area (Å²) in [5.74, 6) is -0.697. The standard InChI is InChI=1S/C22H27N3O3/c1-15(26)23-17-10-12-18(13-11-17)25(16(2)27)14-21(28)24-20-9-7-6-8-19(20)22(3,4)5/h6-13H,14H2,1-5H3,(H,23,26)(H,24,28). The van der Waals surface area contributed by atoms with Crippen LogP contribution in [0.2, 0.25) is 0 Å². The molecule has 2 aromatic rings. The third-order valence-electron chi connectivity index (χ3n) is 4.19. The lowest BCUT2D eigenvalue weighted by molar-refractivity contribution is -0.120. The maximum absolute atomic E-state index is 12.6. The third kappa shape index (κ3) is 5.67. The van der Waals surface area contributed by atoms with Crippen molar-refractivity contribution in [1.29, 1.82) is 0 Å². The van der Waals surface area contributed by atoms with Crippen molar-refractivity contribution in [2.75, 3.05) is 22.1 Å². The number of para-hydroxylation sites is 1. The van der Waals surface area contributed by atoms with E-state index in [2.05, 4.69) is 31.4 Å². The van der Waals surface area contributed by atoms with Gasteiger partial charge in [0.1, 0.15) is 6.54 Å². The molecule has 0 aliphatic carbocycles. The molecule has 0 saturated heterocycles. The van der Waals surface area contributed by atoms with E-state index < -0.39 is 0 Å². The SMILES string of the molecule is CC(=O)Nc1ccc(N(CC(=O)Nc2ccccc2C(C)(C)C)C(C)=O)cc1. The molecule has 2 rings (SSSR count). The summed E-state index contributed by atoms with van der Waals surface area (Å²) in [6.07, 6.45) is 0. The number of carbonyl (C=O) groups excluding carboxylic acids is 3. The highest BCUT2D eigenvalue weighted by molar-refractivity contribution is 6.02. The number of carbonyl (C=O) groups is 3. The molecule has 6 heteroatoms. The summed E-state index contributed by atoms with van der Waals surface area (Å²) >= 11 is 0. The number of rotatable bonds is 5. The first-order valence-electron chi connectivity index (χ1n) is 9.13. The Kier molecular flexibility index (Phi) is 6.57. The van der Waals surface area contributed by atoms with Gasteiger partial charge in [-0.05, 0) is 41.3 Å². The van der Waals surface area contributed by atoms with Crippen LogP contribution in [-0.4, -0.2) is 24.3 Å². The maximum atomic E-state index is 12.6. The molecule has 2 aromatic carbocycles. The minimum absolute atomic E-state index is 0.104. The molecule has 0 fully saturated rings. The van der Waals surface area contributed by atoms with Crippen LogP contribution in [0.15, 0.2) is 48.5 Å². The van der Waals surface area contributed by atoms with Crippen molar-refractivity contribution in [3.63, 3.8) is 0 Å². The molecule has 2 N–H and O–H groups in total. The summed E-state index contributed by atoms with van der Waals surface area (Å²) in [5, 5.41) is 5.59. The first-order chi connectivity index (χ1) is 13.1. The Balaban J connectivity index is 2.16. The average molecular weight is 381 g/mol. The van der Waals surface area contributed by atoms with Crippen LogP contribution in [0.25, 0.3) is 0 Å². The van der Waals surface area contributed by atoms with Crippen LogP contribution in [-0.2, 0) is 19.8 Å². The number of amides is 3. The largest absolute Gasteiger partial charge is 0.326 e. The second-order valence-electron chi connectivity index (χ2n) is 7.68. The van der Waals surface area contributed by atoms with Crippen molar-refractivity contribution in [3.8, 4) is 0 Å². The topological polar surface area (TPSA) is 78.5 Å². The van der Waals surface area contributed by atoms with Crippen LogP contribution >= 0.6 is 0 Å². The van der Waals surface area contributed by atoms with Crippen LogP contribution in [0, 0.1) is 0 Å². The Bertz CT molecular complexity index is 867. The number of nitrogens with one attached hydrogen (secondary N) is 2. The molecule has 0 aliphatic rings. The second-order valence-corrected chi connectivity index (χ2v) is 7.68. The molecule has 148 valence electrons. The van der Waals surface area contributed by atoms with E-state index in [0.717, 1.165) is 11.3 Å². The van der Waals surface area contributed by atoms with E-state index in [-0.39, 0.29) is 29.7 Å². The summed E-state index contributed by atoms with van der Waals surface area (Å²) in [7, 11) is 0. The Morgan fingerprint density at radius 3 is 2.04 bits per heavy atom. The zero-order valence-electron chi connectivity index (χ0n) is 17.0. The summed E-state index contributed by atoms with van der Waals surface area (Å²) in [5.41, 5.74) is 2.86. The fourth-order valence-corrected chi connectivity index (χ4v) is 2.89. The molecule has 0 aromatic heterocycles. The Hall–Kier alpha value is -3.15. The highest BCUT2D eigenvalue weighted by Gasteiger charge is 2.20. The lowest BCUT2D eigenvalue weighted by atomic mass is 9.86. The van der Waals surface area contributed by atoms with Gasteiger partial charge in [-0.3, -0.25) is 14.4 Å². The van der Waals surface area contributed by atoms with Crippen molar-refractivity contribution in [2.24, 2.45) is 0 Å². The van der Waals surface area contributed by atoms with Gasteiger partial charge in [-0.2, -0.15) is 0 Å². The number of nitrogens with zero attached hydrogens (tertiary/aromatic N) is 1. The molecule has 0 radical (unpaired) electrons. The molecule has 0 atom stereocenters. The number of benzene rings is 2. The van der Waals surface area contributed by atoms with Gasteiger partial charge in [-0.15, -0.1) is 0 Å². The summed E-state index contributed by atoms with van der Waals surface area (Å²) in [4.78, 5) is 37.3. The minimum Gasteiger partial charge on any atom is -0.326 e. The van der Waals surface area contributed by atoms with Crippen molar-refractivity contribution in [3.05, 3.63) is 54.1 Å². The predicted octanol–water partition coefficient (Wildman–Crippen LogP) is 3.93. The molecule has 0 unspecified atom stereocenters. The van der Waals surface area contributed by atoms with Gasteiger partial charge in [0, 0.05) is 30.9 Å². The predicted molar refractivity (Wildman–Crippen MR) is 113 cm³/mol. The molecular weight excluding hydrogens is 354 g/mol. The van der Waals surface area contributed by atoms with Crippen molar-refractivity contribution >= 4 is 34.8 Å². The first kappa shape index (κ1) is 21.2. The molecule has 6 nitrogen and oxygen atoms in total. The van der Waals surface area contributed by atoms with E-state index in [1.165, 1.54) is 18.7 Å². The second kappa shape index (κ2) is 8.69. The molecule has 0 saturated carbocycles. The summed E-state index contributed by atoms with van der Waals surface area (Å²) in [6.45, 7) is 8.98. The molecule has 0 bridgehead atoms. The van der Waals surface area contributed by atoms with Gasteiger partial charge in [-0.1, -0.05) is 39.0 Å². The Morgan fingerprint density at radius 2 is 1.50 bits per heavy atom. The van der Waals surface area contributed by atoms with Crippen LogP contribution in [0.5, 0.6) is 0 Å². The maximum Gasteiger partial charge on any atom is 0.244 e. The van der Waals surface area contributed by atoms with Crippen molar-refractivity contribution < 1.29 is 14.4 Å². The van der Waals surface area contributed by atoms with E-state index in [4.69, 9.17) is 0 Å². The lowest BCUT2D eigenvalue weighted by Gasteiger charge is -2.24. The minimum atomic E-state index is -0.280. The van der Waals surface area contributed by atoms with E-state index in [1.54, 1.807) is 24.3 Å². The van der Waals surface area contributed by atoms with Gasteiger partial charge in [0.05, 0.1) is 0 Å². The van der Waals surface area contributed by atoms with Crippen LogP contribution < -0.4 is 15.5 Å². The van der Waals surface area contributed by atoms with Crippen molar-refractivity contribution in [1.82, 2.24) is 0 Å². The molecule has 0 spiro atoms. The van der Waals surface area contributed by atoms with Gasteiger partial charge in [0.15, 0.2) is 0 Å². The van der Waals surface area contributed by atoms with Gasteiger partial charge in [0.2, 0.25) is 17.7 Å². The lowest BCUT2D eigenvalue weighted by Crippen LogP contribution is -2.37. The monoisotopic (exact) mass is 381 g/mol. The van der Waals surface area contributed by atoms with E-state index >= 15 is 0 Å². The van der Waals surface area contributed by atoms with Crippen LogP contribution in [0.4, 0.5) is 17.1 Å². The highest BCUT2D eigenvalue weighted by Crippen LogP contribution is 2.29. The summed E-state index contributed by atoms with van der Waals surface area (Å²) < 4.78 is 0. The fourth-order valence-electron chi connectivity index (χ4n) is 2.89. The fraction of sp³-hybridized carbons (Fsp3) is 0.318. The Labute approximate surface area is 165 Å². The zero-order valence-corrected chi connectivity index (χ0v) is 17.0. The van der Waals surface area contributed by atoms with Crippen molar-refractivity contribution in [2.45, 2.75) is 40.0 Å². The molecule has 0 aliphatic heterocycles. The first-order valence-corrected chi connectivity index (χ1v) is 9.13. The zero-order chi connectivity index (χ0) is 20.9.